The van der Waals surface area contributed by atoms with E-state index in [0.717, 1.165) is 0 Å². The van der Waals surface area contributed by atoms with E-state index < -0.39 is 5.97 Å². The van der Waals surface area contributed by atoms with E-state index in [1.807, 2.05) is 0 Å². The Morgan fingerprint density at radius 3 is 2.76 bits per heavy atom. The zero-order valence-corrected chi connectivity index (χ0v) is 14.7. The Kier molecular flexibility index (Phi) is 5.18. The molecular formula is C17H15BrN2O5. The fourth-order valence-electron chi connectivity index (χ4n) is 2.39. The van der Waals surface area contributed by atoms with Crippen LogP contribution in [0, 0.1) is 0 Å². The second kappa shape index (κ2) is 7.52. The Morgan fingerprint density at radius 1 is 1.28 bits per heavy atom. The van der Waals surface area contributed by atoms with Gasteiger partial charge in [-0.15, -0.1) is 0 Å². The average Bonchev–Trinajstić information content (AvgIpc) is 2.60. The molecule has 1 amide bonds. The number of amides is 1. The molecular weight excluding hydrogens is 392 g/mol. The van der Waals surface area contributed by atoms with Gasteiger partial charge in [0.1, 0.15) is 10.4 Å². The van der Waals surface area contributed by atoms with Crippen LogP contribution in [0.5, 0.6) is 11.5 Å². The summed E-state index contributed by atoms with van der Waals surface area (Å²) in [6.07, 6.45) is 0.597. The molecule has 3 rings (SSSR count). The molecule has 0 fully saturated rings. The van der Waals surface area contributed by atoms with Gasteiger partial charge in [-0.2, -0.15) is 0 Å². The first-order chi connectivity index (χ1) is 12.0. The van der Waals surface area contributed by atoms with Crippen LogP contribution < -0.4 is 14.4 Å². The molecule has 8 heteroatoms. The zero-order valence-electron chi connectivity index (χ0n) is 13.1. The molecule has 1 aliphatic heterocycles. The molecule has 1 aliphatic rings. The quantitative estimate of drug-likeness (QED) is 0.585. The van der Waals surface area contributed by atoms with Crippen LogP contribution >= 0.6 is 15.9 Å². The molecule has 0 atom stereocenters. The van der Waals surface area contributed by atoms with Gasteiger partial charge >= 0.3 is 5.97 Å². The fraction of sp³-hybridized carbons (Fsp3) is 0.235. The number of hydrogen-bond acceptors (Lipinski definition) is 5. The van der Waals surface area contributed by atoms with Crippen molar-refractivity contribution in [1.29, 1.82) is 0 Å². The van der Waals surface area contributed by atoms with Crippen molar-refractivity contribution in [3.63, 3.8) is 0 Å². The Hall–Kier alpha value is -2.61. The third-order valence-electron chi connectivity index (χ3n) is 3.61. The molecule has 0 saturated carbocycles. The number of rotatable bonds is 6. The largest absolute Gasteiger partial charge is 0.494 e. The number of nitrogens with zero attached hydrogens (tertiary/aromatic N) is 2. The number of anilines is 1. The van der Waals surface area contributed by atoms with Crippen molar-refractivity contribution < 1.29 is 24.2 Å². The SMILES string of the molecule is O=C(O)c1ccc(OCCCN2C(=O)COc3ccc(Br)nc32)cc1. The Morgan fingerprint density at radius 2 is 2.04 bits per heavy atom. The first-order valence-corrected chi connectivity index (χ1v) is 8.40. The molecule has 0 unspecified atom stereocenters. The lowest BCUT2D eigenvalue weighted by Crippen LogP contribution is -2.40. The average molecular weight is 407 g/mol. The van der Waals surface area contributed by atoms with Crippen molar-refractivity contribution in [3.8, 4) is 11.5 Å². The maximum absolute atomic E-state index is 12.1. The number of aromatic carboxylic acids is 1. The van der Waals surface area contributed by atoms with Crippen LogP contribution in [0.3, 0.4) is 0 Å². The number of hydrogen-bond donors (Lipinski definition) is 1. The lowest BCUT2D eigenvalue weighted by molar-refractivity contribution is -0.121. The predicted octanol–water partition coefficient (Wildman–Crippen LogP) is 2.74. The van der Waals surface area contributed by atoms with Gasteiger partial charge in [-0.25, -0.2) is 9.78 Å². The first-order valence-electron chi connectivity index (χ1n) is 7.60. The van der Waals surface area contributed by atoms with Crippen LogP contribution in [0.2, 0.25) is 0 Å². The van der Waals surface area contributed by atoms with E-state index >= 15 is 0 Å². The Bertz CT molecular complexity index is 794. The number of carboxylic acid groups (broad SMARTS) is 1. The summed E-state index contributed by atoms with van der Waals surface area (Å²) < 4.78 is 11.6. The lowest BCUT2D eigenvalue weighted by Gasteiger charge is -2.28. The number of carbonyl (C=O) groups excluding carboxylic acids is 1. The molecule has 0 saturated heterocycles. The van der Waals surface area contributed by atoms with Gasteiger partial charge < -0.3 is 14.6 Å². The van der Waals surface area contributed by atoms with E-state index in [2.05, 4.69) is 20.9 Å². The molecule has 1 N–H and O–H groups in total. The summed E-state index contributed by atoms with van der Waals surface area (Å²) >= 11 is 3.30. The normalized spacial score (nSPS) is 13.2. The van der Waals surface area contributed by atoms with Crippen molar-refractivity contribution >= 4 is 33.6 Å². The predicted molar refractivity (Wildman–Crippen MR) is 93.3 cm³/mol. The fourth-order valence-corrected chi connectivity index (χ4v) is 2.69. The van der Waals surface area contributed by atoms with Gasteiger partial charge in [0.15, 0.2) is 18.2 Å². The van der Waals surface area contributed by atoms with Crippen molar-refractivity contribution in [2.24, 2.45) is 0 Å². The molecule has 130 valence electrons. The molecule has 7 nitrogen and oxygen atoms in total. The van der Waals surface area contributed by atoms with Crippen LogP contribution in [0.25, 0.3) is 0 Å². The molecule has 1 aromatic carbocycles. The third-order valence-corrected chi connectivity index (χ3v) is 4.05. The van der Waals surface area contributed by atoms with Crippen molar-refractivity contribution in [2.45, 2.75) is 6.42 Å². The van der Waals surface area contributed by atoms with Crippen LogP contribution in [-0.2, 0) is 4.79 Å². The molecule has 0 radical (unpaired) electrons. The summed E-state index contributed by atoms with van der Waals surface area (Å²) in [5.74, 6) is 0.530. The standard InChI is InChI=1S/C17H15BrN2O5/c18-14-7-6-13-16(19-14)20(15(21)10-25-13)8-1-9-24-12-4-2-11(3-5-12)17(22)23/h2-7H,1,8-10H2,(H,22,23). The highest BCUT2D eigenvalue weighted by Gasteiger charge is 2.26. The second-order valence-electron chi connectivity index (χ2n) is 5.32. The van der Waals surface area contributed by atoms with Crippen LogP contribution in [-0.4, -0.2) is 41.7 Å². The summed E-state index contributed by atoms with van der Waals surface area (Å²) in [4.78, 5) is 28.8. The molecule has 0 bridgehead atoms. The van der Waals surface area contributed by atoms with Gasteiger partial charge in [0.2, 0.25) is 0 Å². The van der Waals surface area contributed by atoms with E-state index in [1.54, 1.807) is 29.2 Å². The molecule has 1 aromatic heterocycles. The van der Waals surface area contributed by atoms with Gasteiger partial charge in [-0.3, -0.25) is 9.69 Å². The summed E-state index contributed by atoms with van der Waals surface area (Å²) in [7, 11) is 0. The van der Waals surface area contributed by atoms with Crippen molar-refractivity contribution in [2.75, 3.05) is 24.7 Å². The van der Waals surface area contributed by atoms with Crippen molar-refractivity contribution in [1.82, 2.24) is 4.98 Å². The first kappa shape index (κ1) is 17.2. The summed E-state index contributed by atoms with van der Waals surface area (Å²) in [5, 5.41) is 8.86. The van der Waals surface area contributed by atoms with Gasteiger partial charge in [-0.05, 0) is 58.7 Å². The lowest BCUT2D eigenvalue weighted by atomic mass is 10.2. The Balaban J connectivity index is 1.56. The third kappa shape index (κ3) is 4.08. The van der Waals surface area contributed by atoms with Crippen LogP contribution in [0.4, 0.5) is 5.82 Å². The maximum atomic E-state index is 12.1. The number of carbonyl (C=O) groups is 2. The van der Waals surface area contributed by atoms with Gasteiger partial charge in [0, 0.05) is 6.54 Å². The van der Waals surface area contributed by atoms with Gasteiger partial charge in [-0.1, -0.05) is 0 Å². The smallest absolute Gasteiger partial charge is 0.335 e. The summed E-state index contributed by atoms with van der Waals surface area (Å²) in [5.41, 5.74) is 0.208. The number of ether oxygens (including phenoxy) is 2. The van der Waals surface area contributed by atoms with E-state index in [4.69, 9.17) is 14.6 Å². The monoisotopic (exact) mass is 406 g/mol. The van der Waals surface area contributed by atoms with Crippen LogP contribution in [0.15, 0.2) is 41.0 Å². The highest BCUT2D eigenvalue weighted by atomic mass is 79.9. The summed E-state index contributed by atoms with van der Waals surface area (Å²) in [6.45, 7) is 0.833. The van der Waals surface area contributed by atoms with E-state index in [1.165, 1.54) is 12.1 Å². The zero-order chi connectivity index (χ0) is 17.8. The van der Waals surface area contributed by atoms with Gasteiger partial charge in [0.25, 0.3) is 5.91 Å². The molecule has 2 aromatic rings. The van der Waals surface area contributed by atoms with E-state index in [0.29, 0.717) is 41.5 Å². The number of aromatic nitrogens is 1. The molecule has 0 spiro atoms. The maximum Gasteiger partial charge on any atom is 0.335 e. The van der Waals surface area contributed by atoms with E-state index in [-0.39, 0.29) is 18.1 Å². The number of halogens is 1. The Labute approximate surface area is 152 Å². The molecule has 25 heavy (non-hydrogen) atoms. The molecule has 2 heterocycles. The number of pyridine rings is 1. The van der Waals surface area contributed by atoms with Crippen LogP contribution in [0.1, 0.15) is 16.8 Å². The van der Waals surface area contributed by atoms with E-state index in [9.17, 15) is 9.59 Å². The number of fused-ring (bicyclic) bond motifs is 1. The molecule has 0 aliphatic carbocycles. The number of carboxylic acids is 1. The van der Waals surface area contributed by atoms with Gasteiger partial charge in [0.05, 0.1) is 12.2 Å². The minimum Gasteiger partial charge on any atom is -0.494 e. The minimum absolute atomic E-state index is 0.00613. The second-order valence-corrected chi connectivity index (χ2v) is 6.13. The number of benzene rings is 1. The highest BCUT2D eigenvalue weighted by molar-refractivity contribution is 9.10. The highest BCUT2D eigenvalue weighted by Crippen LogP contribution is 2.31. The van der Waals surface area contributed by atoms with Crippen molar-refractivity contribution in [3.05, 3.63) is 46.6 Å². The topological polar surface area (TPSA) is 89.0 Å². The summed E-state index contributed by atoms with van der Waals surface area (Å²) in [6, 6.07) is 9.72. The minimum atomic E-state index is -0.977.